The van der Waals surface area contributed by atoms with Crippen molar-refractivity contribution in [1.82, 2.24) is 5.32 Å². The molecular weight excluding hydrogens is 344 g/mol. The molecule has 0 aliphatic rings. The minimum atomic E-state index is 0.157. The minimum absolute atomic E-state index is 0.157. The van der Waals surface area contributed by atoms with E-state index in [0.29, 0.717) is 29.0 Å². The van der Waals surface area contributed by atoms with Gasteiger partial charge in [-0.3, -0.25) is 0 Å². The van der Waals surface area contributed by atoms with Gasteiger partial charge in [-0.15, -0.1) is 0 Å². The van der Waals surface area contributed by atoms with Crippen molar-refractivity contribution in [2.45, 2.75) is 20.0 Å². The van der Waals surface area contributed by atoms with Crippen LogP contribution < -0.4 is 20.1 Å². The maximum Gasteiger partial charge on any atom is 0.170 e. The fraction of sp³-hybridized carbons (Fsp3) is 0.278. The summed E-state index contributed by atoms with van der Waals surface area (Å²) < 4.78 is 11.2. The van der Waals surface area contributed by atoms with Crippen molar-refractivity contribution in [3.63, 3.8) is 0 Å². The van der Waals surface area contributed by atoms with Gasteiger partial charge in [0.25, 0.3) is 0 Å². The van der Waals surface area contributed by atoms with Crippen LogP contribution in [0.25, 0.3) is 0 Å². The second kappa shape index (κ2) is 9.35. The van der Waals surface area contributed by atoms with Crippen molar-refractivity contribution in [2.75, 3.05) is 18.5 Å². The Balaban J connectivity index is 1.70. The number of anilines is 1. The van der Waals surface area contributed by atoms with Crippen molar-refractivity contribution in [2.24, 2.45) is 0 Å². The van der Waals surface area contributed by atoms with Gasteiger partial charge in [-0.2, -0.15) is 0 Å². The first-order valence-electron chi connectivity index (χ1n) is 7.73. The van der Waals surface area contributed by atoms with Crippen molar-refractivity contribution < 1.29 is 9.47 Å². The van der Waals surface area contributed by atoms with Crippen molar-refractivity contribution in [3.8, 4) is 11.5 Å². The third-order valence-electron chi connectivity index (χ3n) is 2.97. The maximum atomic E-state index is 6.02. The van der Waals surface area contributed by atoms with Crippen molar-refractivity contribution in [1.29, 1.82) is 0 Å². The van der Waals surface area contributed by atoms with Gasteiger partial charge in [0.05, 0.1) is 17.7 Å². The summed E-state index contributed by atoms with van der Waals surface area (Å²) in [5.74, 6) is 1.50. The van der Waals surface area contributed by atoms with Gasteiger partial charge in [0, 0.05) is 5.69 Å². The molecule has 0 aliphatic carbocycles. The van der Waals surface area contributed by atoms with Gasteiger partial charge in [0.15, 0.2) is 5.11 Å². The van der Waals surface area contributed by atoms with Crippen LogP contribution in [0.2, 0.25) is 5.02 Å². The third-order valence-corrected chi connectivity index (χ3v) is 3.52. The largest absolute Gasteiger partial charge is 0.491 e. The van der Waals surface area contributed by atoms with E-state index in [4.69, 9.17) is 33.3 Å². The van der Waals surface area contributed by atoms with E-state index in [2.05, 4.69) is 10.6 Å². The van der Waals surface area contributed by atoms with Crippen LogP contribution in [0, 0.1) is 0 Å². The van der Waals surface area contributed by atoms with E-state index in [1.54, 1.807) is 6.07 Å². The molecule has 0 atom stereocenters. The molecule has 0 saturated heterocycles. The van der Waals surface area contributed by atoms with E-state index in [0.717, 1.165) is 11.4 Å². The standard InChI is InChI=1S/C18H21ClN2O2S/c1-13(2)23-15-9-7-14(8-10-15)21-18(24)20-11-12-22-17-6-4-3-5-16(17)19/h3-10,13H,11-12H2,1-2H3,(H2,20,21,24). The van der Waals surface area contributed by atoms with Crippen molar-refractivity contribution in [3.05, 3.63) is 53.6 Å². The summed E-state index contributed by atoms with van der Waals surface area (Å²) in [6.07, 6.45) is 0.157. The fourth-order valence-corrected chi connectivity index (χ4v) is 2.36. The molecule has 0 heterocycles. The highest BCUT2D eigenvalue weighted by molar-refractivity contribution is 7.80. The molecular formula is C18H21ClN2O2S. The van der Waals surface area contributed by atoms with E-state index in [-0.39, 0.29) is 6.10 Å². The second-order valence-electron chi connectivity index (χ2n) is 5.35. The van der Waals surface area contributed by atoms with Crippen LogP contribution >= 0.6 is 23.8 Å². The molecule has 0 bridgehead atoms. The van der Waals surface area contributed by atoms with Gasteiger partial charge in [-0.05, 0) is 62.5 Å². The van der Waals surface area contributed by atoms with E-state index in [1.807, 2.05) is 56.3 Å². The average Bonchev–Trinajstić information content (AvgIpc) is 2.54. The van der Waals surface area contributed by atoms with Gasteiger partial charge < -0.3 is 20.1 Å². The van der Waals surface area contributed by atoms with Gasteiger partial charge in [-0.25, -0.2) is 0 Å². The highest BCUT2D eigenvalue weighted by Crippen LogP contribution is 2.22. The first-order chi connectivity index (χ1) is 11.5. The molecule has 0 fully saturated rings. The van der Waals surface area contributed by atoms with Crippen LogP contribution in [0.15, 0.2) is 48.5 Å². The fourth-order valence-electron chi connectivity index (χ4n) is 1.95. The Labute approximate surface area is 153 Å². The number of thiocarbonyl (C=S) groups is 1. The van der Waals surface area contributed by atoms with Crippen LogP contribution in [0.1, 0.15) is 13.8 Å². The van der Waals surface area contributed by atoms with Gasteiger partial charge in [0.1, 0.15) is 18.1 Å². The molecule has 0 spiro atoms. The Kier molecular flexibility index (Phi) is 7.15. The molecule has 2 aromatic rings. The van der Waals surface area contributed by atoms with Crippen LogP contribution in [0.5, 0.6) is 11.5 Å². The first kappa shape index (κ1) is 18.4. The van der Waals surface area contributed by atoms with E-state index < -0.39 is 0 Å². The lowest BCUT2D eigenvalue weighted by atomic mass is 10.3. The minimum Gasteiger partial charge on any atom is -0.491 e. The van der Waals surface area contributed by atoms with E-state index in [1.165, 1.54) is 0 Å². The Morgan fingerprint density at radius 1 is 1.12 bits per heavy atom. The monoisotopic (exact) mass is 364 g/mol. The zero-order valence-electron chi connectivity index (χ0n) is 13.7. The lowest BCUT2D eigenvalue weighted by Gasteiger charge is -2.13. The van der Waals surface area contributed by atoms with E-state index in [9.17, 15) is 0 Å². The SMILES string of the molecule is CC(C)Oc1ccc(NC(=S)NCCOc2ccccc2Cl)cc1. The number of hydrogen-bond donors (Lipinski definition) is 2. The molecule has 2 N–H and O–H groups in total. The molecule has 128 valence electrons. The number of ether oxygens (including phenoxy) is 2. The molecule has 0 aromatic heterocycles. The van der Waals surface area contributed by atoms with Crippen molar-refractivity contribution >= 4 is 34.6 Å². The third kappa shape index (κ3) is 6.26. The Bertz CT molecular complexity index is 662. The molecule has 2 aromatic carbocycles. The Morgan fingerprint density at radius 2 is 1.83 bits per heavy atom. The molecule has 0 aliphatic heterocycles. The van der Waals surface area contributed by atoms with Gasteiger partial charge in [0.2, 0.25) is 0 Å². The molecule has 4 nitrogen and oxygen atoms in total. The normalized spacial score (nSPS) is 10.3. The lowest BCUT2D eigenvalue weighted by molar-refractivity contribution is 0.242. The van der Waals surface area contributed by atoms with Gasteiger partial charge >= 0.3 is 0 Å². The molecule has 2 rings (SSSR count). The topological polar surface area (TPSA) is 42.5 Å². The molecule has 24 heavy (non-hydrogen) atoms. The van der Waals surface area contributed by atoms with Crippen LogP contribution in [-0.2, 0) is 0 Å². The van der Waals surface area contributed by atoms with Crippen LogP contribution in [-0.4, -0.2) is 24.4 Å². The summed E-state index contributed by atoms with van der Waals surface area (Å²) in [5.41, 5.74) is 0.899. The smallest absolute Gasteiger partial charge is 0.170 e. The molecule has 0 saturated carbocycles. The summed E-state index contributed by atoms with van der Waals surface area (Å²) in [4.78, 5) is 0. The van der Waals surface area contributed by atoms with Crippen LogP contribution in [0.3, 0.4) is 0 Å². The Morgan fingerprint density at radius 3 is 2.50 bits per heavy atom. The zero-order chi connectivity index (χ0) is 17.4. The summed E-state index contributed by atoms with van der Waals surface area (Å²) >= 11 is 11.3. The van der Waals surface area contributed by atoms with E-state index >= 15 is 0 Å². The predicted molar refractivity (Wildman–Crippen MR) is 103 cm³/mol. The number of para-hydroxylation sites is 1. The molecule has 0 unspecified atom stereocenters. The first-order valence-corrected chi connectivity index (χ1v) is 8.52. The Hall–Kier alpha value is -1.98. The quantitative estimate of drug-likeness (QED) is 0.559. The number of hydrogen-bond acceptors (Lipinski definition) is 3. The summed E-state index contributed by atoms with van der Waals surface area (Å²) in [6, 6.07) is 15.0. The maximum absolute atomic E-state index is 6.02. The summed E-state index contributed by atoms with van der Waals surface area (Å²) in [7, 11) is 0. The predicted octanol–water partition coefficient (Wildman–Crippen LogP) is 4.49. The second-order valence-corrected chi connectivity index (χ2v) is 6.17. The number of benzene rings is 2. The summed E-state index contributed by atoms with van der Waals surface area (Å²) in [5, 5.41) is 7.34. The number of rotatable bonds is 7. The highest BCUT2D eigenvalue weighted by atomic mass is 35.5. The number of nitrogens with one attached hydrogen (secondary N) is 2. The summed E-state index contributed by atoms with van der Waals surface area (Å²) in [6.45, 7) is 5.03. The van der Waals surface area contributed by atoms with Gasteiger partial charge in [-0.1, -0.05) is 23.7 Å². The average molecular weight is 365 g/mol. The molecule has 0 amide bonds. The molecule has 0 radical (unpaired) electrons. The zero-order valence-corrected chi connectivity index (χ0v) is 15.3. The highest BCUT2D eigenvalue weighted by Gasteiger charge is 2.02. The lowest BCUT2D eigenvalue weighted by Crippen LogP contribution is -2.31. The van der Waals surface area contributed by atoms with Crippen LogP contribution in [0.4, 0.5) is 5.69 Å². The molecule has 6 heteroatoms. The number of halogens is 1.